The molecule has 3 aliphatic rings. The van der Waals surface area contributed by atoms with E-state index >= 15 is 0 Å². The van der Waals surface area contributed by atoms with Crippen molar-refractivity contribution >= 4 is 23.4 Å². The van der Waals surface area contributed by atoms with Crippen LogP contribution in [0.5, 0.6) is 0 Å². The SMILES string of the molecule is [2H][C@]1(N2Cc3c(NCc4cc(CN5CCOCC5)ccc4F)cccc3C2=O)CCC(=O)NC1=O. The molecule has 2 aromatic rings. The largest absolute Gasteiger partial charge is 0.381 e. The molecule has 34 heavy (non-hydrogen) atoms. The average molecular weight is 468 g/mol. The predicted molar refractivity (Wildman–Crippen MR) is 122 cm³/mol. The van der Waals surface area contributed by atoms with Gasteiger partial charge in [0, 0.05) is 61.5 Å². The van der Waals surface area contributed by atoms with Crippen LogP contribution in [-0.4, -0.2) is 59.8 Å². The number of amides is 3. The quantitative estimate of drug-likeness (QED) is 0.632. The number of nitrogens with one attached hydrogen (secondary N) is 2. The van der Waals surface area contributed by atoms with Crippen LogP contribution in [0.15, 0.2) is 36.4 Å². The summed E-state index contributed by atoms with van der Waals surface area (Å²) in [6, 6.07) is 8.43. The molecule has 2 fully saturated rings. The fourth-order valence-electron chi connectivity index (χ4n) is 4.65. The van der Waals surface area contributed by atoms with Gasteiger partial charge in [-0.15, -0.1) is 0 Å². The molecule has 0 aromatic heterocycles. The lowest BCUT2D eigenvalue weighted by Gasteiger charge is -2.29. The van der Waals surface area contributed by atoms with Gasteiger partial charge in [0.25, 0.3) is 5.91 Å². The van der Waals surface area contributed by atoms with Gasteiger partial charge < -0.3 is 15.0 Å². The first-order valence-electron chi connectivity index (χ1n) is 11.9. The second kappa shape index (κ2) is 9.52. The molecule has 2 N–H and O–H groups in total. The predicted octanol–water partition coefficient (Wildman–Crippen LogP) is 2.03. The van der Waals surface area contributed by atoms with Crippen LogP contribution >= 0.6 is 0 Å². The van der Waals surface area contributed by atoms with Crippen LogP contribution < -0.4 is 10.6 Å². The highest BCUT2D eigenvalue weighted by molar-refractivity contribution is 6.06. The van der Waals surface area contributed by atoms with Gasteiger partial charge in [0.2, 0.25) is 11.8 Å². The number of hydrogen-bond acceptors (Lipinski definition) is 6. The number of morpholine rings is 1. The van der Waals surface area contributed by atoms with E-state index in [2.05, 4.69) is 15.5 Å². The molecule has 0 aliphatic carbocycles. The van der Waals surface area contributed by atoms with Crippen LogP contribution in [0.1, 0.15) is 41.3 Å². The number of nitrogens with zero attached hydrogens (tertiary/aromatic N) is 2. The Hall–Kier alpha value is -3.30. The maximum atomic E-state index is 14.6. The van der Waals surface area contributed by atoms with E-state index in [1.54, 1.807) is 24.3 Å². The fourth-order valence-corrected chi connectivity index (χ4v) is 4.65. The van der Waals surface area contributed by atoms with Crippen LogP contribution in [-0.2, 0) is 34.0 Å². The first-order valence-corrected chi connectivity index (χ1v) is 11.4. The summed E-state index contributed by atoms with van der Waals surface area (Å²) in [6.07, 6.45) is -0.0537. The molecule has 0 spiro atoms. The number of rotatable bonds is 6. The monoisotopic (exact) mass is 467 g/mol. The van der Waals surface area contributed by atoms with Gasteiger partial charge in [-0.1, -0.05) is 12.1 Å². The highest BCUT2D eigenvalue weighted by Gasteiger charge is 2.39. The van der Waals surface area contributed by atoms with Crippen molar-refractivity contribution in [1.82, 2.24) is 15.1 Å². The lowest BCUT2D eigenvalue weighted by atomic mass is 10.0. The molecule has 178 valence electrons. The number of ether oxygens (including phenoxy) is 1. The molecular formula is C25H27FN4O4. The van der Waals surface area contributed by atoms with Gasteiger partial charge in [-0.3, -0.25) is 24.6 Å². The Labute approximate surface area is 198 Å². The van der Waals surface area contributed by atoms with E-state index < -0.39 is 23.7 Å². The zero-order valence-electron chi connectivity index (χ0n) is 19.7. The van der Waals surface area contributed by atoms with Crippen LogP contribution in [0.3, 0.4) is 0 Å². The van der Waals surface area contributed by atoms with E-state index in [-0.39, 0.29) is 31.7 Å². The zero-order chi connectivity index (χ0) is 24.6. The maximum Gasteiger partial charge on any atom is 0.255 e. The van der Waals surface area contributed by atoms with E-state index in [4.69, 9.17) is 6.11 Å². The highest BCUT2D eigenvalue weighted by atomic mass is 19.1. The molecule has 8 nitrogen and oxygen atoms in total. The molecule has 0 radical (unpaired) electrons. The lowest BCUT2D eigenvalue weighted by molar-refractivity contribution is -0.136. The van der Waals surface area contributed by atoms with Gasteiger partial charge in [-0.05, 0) is 36.2 Å². The summed E-state index contributed by atoms with van der Waals surface area (Å²) < 4.78 is 28.6. The van der Waals surface area contributed by atoms with Gasteiger partial charge in [-0.25, -0.2) is 4.39 Å². The summed E-state index contributed by atoms with van der Waals surface area (Å²) in [7, 11) is 0. The van der Waals surface area contributed by atoms with Gasteiger partial charge in [-0.2, -0.15) is 0 Å². The smallest absolute Gasteiger partial charge is 0.255 e. The second-order valence-corrected chi connectivity index (χ2v) is 8.71. The van der Waals surface area contributed by atoms with E-state index in [9.17, 15) is 18.8 Å². The summed E-state index contributed by atoms with van der Waals surface area (Å²) >= 11 is 0. The minimum atomic E-state index is -1.85. The standard InChI is InChI=1S/C25H27FN4O4/c26-20-5-4-16(14-29-8-10-34-11-9-29)12-17(20)13-27-21-3-1-2-18-19(21)15-30(25(18)33)22-6-7-23(31)28-24(22)32/h1-5,12,22,27H,6-11,13-15H2,(H,28,31,32)/t22-/m0/s1/i22D. The summed E-state index contributed by atoms with van der Waals surface area (Å²) in [5, 5.41) is 5.41. The number of fused-ring (bicyclic) bond motifs is 1. The summed E-state index contributed by atoms with van der Waals surface area (Å²) in [4.78, 5) is 40.5. The minimum absolute atomic E-state index is 0.000538. The average Bonchev–Trinajstić information content (AvgIpc) is 3.20. The van der Waals surface area contributed by atoms with Crippen molar-refractivity contribution in [2.45, 2.75) is 38.5 Å². The number of hydrogen-bond donors (Lipinski definition) is 2. The van der Waals surface area contributed by atoms with Crippen LogP contribution in [0, 0.1) is 5.82 Å². The van der Waals surface area contributed by atoms with E-state index in [0.29, 0.717) is 35.6 Å². The number of imide groups is 1. The van der Waals surface area contributed by atoms with Gasteiger partial charge in [0.05, 0.1) is 14.6 Å². The maximum absolute atomic E-state index is 14.6. The van der Waals surface area contributed by atoms with Crippen molar-refractivity contribution in [1.29, 1.82) is 0 Å². The number of carbonyl (C=O) groups is 3. The summed E-state index contributed by atoms with van der Waals surface area (Å²) in [5.74, 6) is -1.98. The van der Waals surface area contributed by atoms with Gasteiger partial charge in [0.1, 0.15) is 11.8 Å². The summed E-state index contributed by atoms with van der Waals surface area (Å²) in [6.45, 7) is 4.07. The summed E-state index contributed by atoms with van der Waals surface area (Å²) in [5.41, 5.74) is 3.22. The first kappa shape index (κ1) is 21.2. The Kier molecular flexibility index (Phi) is 5.95. The molecule has 3 heterocycles. The minimum Gasteiger partial charge on any atom is -0.381 e. The molecule has 0 unspecified atom stereocenters. The fraction of sp³-hybridized carbons (Fsp3) is 0.400. The molecule has 5 rings (SSSR count). The Morgan fingerprint density at radius 1 is 1.18 bits per heavy atom. The normalized spacial score (nSPS) is 23.5. The van der Waals surface area contributed by atoms with Crippen molar-refractivity contribution < 1.29 is 24.9 Å². The Bertz CT molecular complexity index is 1190. The molecule has 2 aromatic carbocycles. The third-order valence-corrected chi connectivity index (χ3v) is 6.49. The van der Waals surface area contributed by atoms with E-state index in [1.807, 2.05) is 6.07 Å². The zero-order valence-corrected chi connectivity index (χ0v) is 18.7. The molecule has 3 amide bonds. The number of carbonyl (C=O) groups excluding carboxylic acids is 3. The molecule has 2 saturated heterocycles. The highest BCUT2D eigenvalue weighted by Crippen LogP contribution is 2.32. The van der Waals surface area contributed by atoms with Gasteiger partial charge >= 0.3 is 0 Å². The third kappa shape index (κ3) is 4.53. The molecule has 0 bridgehead atoms. The van der Waals surface area contributed by atoms with E-state index in [0.717, 1.165) is 25.2 Å². The van der Waals surface area contributed by atoms with Crippen LogP contribution in [0.4, 0.5) is 10.1 Å². The molecule has 9 heteroatoms. The van der Waals surface area contributed by atoms with Crippen molar-refractivity contribution in [3.63, 3.8) is 0 Å². The third-order valence-electron chi connectivity index (χ3n) is 6.49. The Balaban J connectivity index is 1.32. The number of anilines is 1. The first-order chi connectivity index (χ1) is 16.8. The van der Waals surface area contributed by atoms with Crippen LogP contribution in [0.25, 0.3) is 0 Å². The number of piperidine rings is 1. The molecule has 1 atom stereocenters. The van der Waals surface area contributed by atoms with Crippen molar-refractivity contribution in [2.24, 2.45) is 0 Å². The second-order valence-electron chi connectivity index (χ2n) is 8.71. The van der Waals surface area contributed by atoms with Crippen molar-refractivity contribution in [2.75, 3.05) is 31.6 Å². The van der Waals surface area contributed by atoms with Crippen molar-refractivity contribution in [3.8, 4) is 0 Å². The molecule has 0 saturated carbocycles. The van der Waals surface area contributed by atoms with Crippen LogP contribution in [0.2, 0.25) is 0 Å². The van der Waals surface area contributed by atoms with E-state index in [1.165, 1.54) is 11.0 Å². The number of benzene rings is 2. The van der Waals surface area contributed by atoms with Crippen molar-refractivity contribution in [3.05, 3.63) is 64.5 Å². The molecular weight excluding hydrogens is 439 g/mol. The lowest BCUT2D eigenvalue weighted by Crippen LogP contribution is -2.52. The topological polar surface area (TPSA) is 91.0 Å². The van der Waals surface area contributed by atoms with Gasteiger partial charge in [0.15, 0.2) is 0 Å². The molecule has 3 aliphatic heterocycles. The Morgan fingerprint density at radius 2 is 2.00 bits per heavy atom. The Morgan fingerprint density at radius 3 is 2.79 bits per heavy atom. The number of halogens is 1.